The average Bonchev–Trinajstić information content (AvgIpc) is 2.61. The van der Waals surface area contributed by atoms with Gasteiger partial charge in [-0.1, -0.05) is 30.3 Å². The van der Waals surface area contributed by atoms with Crippen LogP contribution in [-0.4, -0.2) is 71.9 Å². The predicted molar refractivity (Wildman–Crippen MR) is 109 cm³/mol. The van der Waals surface area contributed by atoms with Crippen LogP contribution < -0.4 is 0 Å². The zero-order chi connectivity index (χ0) is 22.7. The van der Waals surface area contributed by atoms with Gasteiger partial charge in [0.25, 0.3) is 0 Å². The van der Waals surface area contributed by atoms with Crippen molar-refractivity contribution in [3.63, 3.8) is 0 Å². The van der Waals surface area contributed by atoms with E-state index in [0.717, 1.165) is 9.21 Å². The van der Waals surface area contributed by atoms with Crippen LogP contribution in [0.1, 0.15) is 33.3 Å². The van der Waals surface area contributed by atoms with E-state index in [1.165, 1.54) is 6.92 Å². The lowest BCUT2D eigenvalue weighted by Crippen LogP contribution is -2.62. The number of carboxylic acid groups (broad SMARTS) is 1. The van der Waals surface area contributed by atoms with Gasteiger partial charge in [0.15, 0.2) is 0 Å². The monoisotopic (exact) mass is 440 g/mol. The van der Waals surface area contributed by atoms with E-state index in [9.17, 15) is 27.9 Å². The van der Waals surface area contributed by atoms with Gasteiger partial charge in [0.1, 0.15) is 18.2 Å². The fourth-order valence-electron chi connectivity index (χ4n) is 3.24. The van der Waals surface area contributed by atoms with Crippen LogP contribution in [0.25, 0.3) is 0 Å². The number of benzene rings is 1. The van der Waals surface area contributed by atoms with Gasteiger partial charge >= 0.3 is 11.9 Å². The molecule has 1 aromatic rings. The summed E-state index contributed by atoms with van der Waals surface area (Å²) in [6, 6.07) is 7.01. The minimum absolute atomic E-state index is 0.0328. The Morgan fingerprint density at radius 1 is 1.20 bits per heavy atom. The van der Waals surface area contributed by atoms with E-state index in [0.29, 0.717) is 5.56 Å². The number of rotatable bonds is 7. The Balaban J connectivity index is 2.27. The Morgan fingerprint density at radius 3 is 2.33 bits per heavy atom. The lowest BCUT2D eigenvalue weighted by Gasteiger charge is -2.41. The molecule has 1 heterocycles. The number of ether oxygens (including phenoxy) is 1. The third-order valence-electron chi connectivity index (χ3n) is 4.62. The van der Waals surface area contributed by atoms with E-state index >= 15 is 0 Å². The molecule has 0 aromatic heterocycles. The van der Waals surface area contributed by atoms with Crippen LogP contribution in [0.15, 0.2) is 30.3 Å². The number of hydrogen-bond donors (Lipinski definition) is 1. The summed E-state index contributed by atoms with van der Waals surface area (Å²) in [7, 11) is -3.97. The van der Waals surface area contributed by atoms with Crippen LogP contribution in [0.3, 0.4) is 0 Å². The number of carbonyl (C=O) groups excluding carboxylic acids is 2. The first-order chi connectivity index (χ1) is 13.8. The molecule has 1 aliphatic rings. The standard InChI is InChI=1S/C20H28N2O7S/c1-14(19(25)26)17-18(24)21(12-16(23)29-20(2,3)4)10-11-22(17)30(27,28)13-15-8-6-5-7-9-15/h5-9,14,17H,10-13H2,1-4H3,(H,25,26)/t14?,17-/m0/s1. The molecule has 1 unspecified atom stereocenters. The minimum atomic E-state index is -3.97. The summed E-state index contributed by atoms with van der Waals surface area (Å²) in [5, 5.41) is 9.46. The van der Waals surface area contributed by atoms with Gasteiger partial charge in [-0.2, -0.15) is 4.31 Å². The van der Waals surface area contributed by atoms with Gasteiger partial charge in [-0.15, -0.1) is 0 Å². The van der Waals surface area contributed by atoms with Crippen molar-refractivity contribution in [2.75, 3.05) is 19.6 Å². The highest BCUT2D eigenvalue weighted by Crippen LogP contribution is 2.25. The maximum Gasteiger partial charge on any atom is 0.326 e. The molecule has 0 spiro atoms. The van der Waals surface area contributed by atoms with Crippen molar-refractivity contribution < 1.29 is 32.6 Å². The van der Waals surface area contributed by atoms with Crippen LogP contribution in [0, 0.1) is 5.92 Å². The first-order valence-corrected chi connectivity index (χ1v) is 11.2. The number of hydrogen-bond acceptors (Lipinski definition) is 6. The highest BCUT2D eigenvalue weighted by molar-refractivity contribution is 7.88. The molecule has 1 N–H and O–H groups in total. The molecule has 0 bridgehead atoms. The molecular formula is C20H28N2O7S. The van der Waals surface area contributed by atoms with E-state index < -0.39 is 45.4 Å². The Hall–Kier alpha value is -2.46. The quantitative estimate of drug-likeness (QED) is 0.630. The number of amides is 1. The molecular weight excluding hydrogens is 412 g/mol. The Labute approximate surface area is 176 Å². The molecule has 2 atom stereocenters. The molecule has 1 aromatic carbocycles. The zero-order valence-corrected chi connectivity index (χ0v) is 18.4. The largest absolute Gasteiger partial charge is 0.481 e. The summed E-state index contributed by atoms with van der Waals surface area (Å²) in [4.78, 5) is 37.9. The van der Waals surface area contributed by atoms with E-state index in [4.69, 9.17) is 4.74 Å². The van der Waals surface area contributed by atoms with Crippen LogP contribution >= 0.6 is 0 Å². The van der Waals surface area contributed by atoms with E-state index in [2.05, 4.69) is 0 Å². The fourth-order valence-corrected chi connectivity index (χ4v) is 5.00. The fraction of sp³-hybridized carbons (Fsp3) is 0.550. The number of carboxylic acids is 1. The molecule has 0 aliphatic carbocycles. The van der Waals surface area contributed by atoms with Crippen molar-refractivity contribution in [3.05, 3.63) is 35.9 Å². The third kappa shape index (κ3) is 6.02. The Morgan fingerprint density at radius 2 is 1.80 bits per heavy atom. The molecule has 1 aliphatic heterocycles. The van der Waals surface area contributed by atoms with E-state index in [1.54, 1.807) is 51.1 Å². The van der Waals surface area contributed by atoms with Crippen molar-refractivity contribution in [1.82, 2.24) is 9.21 Å². The number of nitrogens with zero attached hydrogens (tertiary/aromatic N) is 2. The summed E-state index contributed by atoms with van der Waals surface area (Å²) >= 11 is 0. The molecule has 10 heteroatoms. The predicted octanol–water partition coefficient (Wildman–Crippen LogP) is 1.09. The summed E-state index contributed by atoms with van der Waals surface area (Å²) in [5.74, 6) is -4.30. The maximum atomic E-state index is 13.0. The van der Waals surface area contributed by atoms with Crippen molar-refractivity contribution in [2.45, 2.75) is 45.1 Å². The molecule has 30 heavy (non-hydrogen) atoms. The van der Waals surface area contributed by atoms with Gasteiger partial charge in [-0.25, -0.2) is 8.42 Å². The average molecular weight is 441 g/mol. The van der Waals surface area contributed by atoms with Crippen molar-refractivity contribution in [3.8, 4) is 0 Å². The molecule has 1 fully saturated rings. The minimum Gasteiger partial charge on any atom is -0.481 e. The molecule has 2 rings (SSSR count). The first-order valence-electron chi connectivity index (χ1n) is 9.59. The summed E-state index contributed by atoms with van der Waals surface area (Å²) < 4.78 is 32.2. The molecule has 1 saturated heterocycles. The SMILES string of the molecule is CC(C(=O)O)[C@H]1C(=O)N(CC(=O)OC(C)(C)C)CCN1S(=O)(=O)Cc1ccccc1. The smallest absolute Gasteiger partial charge is 0.326 e. The molecule has 1 amide bonds. The topological polar surface area (TPSA) is 121 Å². The number of piperazine rings is 1. The molecule has 9 nitrogen and oxygen atoms in total. The first kappa shape index (κ1) is 23.8. The Bertz CT molecular complexity index is 893. The van der Waals surface area contributed by atoms with E-state index in [-0.39, 0.29) is 25.4 Å². The number of sulfonamides is 1. The van der Waals surface area contributed by atoms with Crippen molar-refractivity contribution in [1.29, 1.82) is 0 Å². The van der Waals surface area contributed by atoms with Crippen LogP contribution in [0.2, 0.25) is 0 Å². The van der Waals surface area contributed by atoms with Gasteiger partial charge in [0, 0.05) is 13.1 Å². The number of carbonyl (C=O) groups is 3. The third-order valence-corrected chi connectivity index (χ3v) is 6.44. The maximum absolute atomic E-state index is 13.0. The van der Waals surface area contributed by atoms with Crippen molar-refractivity contribution in [2.24, 2.45) is 5.92 Å². The second-order valence-corrected chi connectivity index (χ2v) is 10.2. The highest BCUT2D eigenvalue weighted by atomic mass is 32.2. The lowest BCUT2D eigenvalue weighted by atomic mass is 9.99. The second kappa shape index (κ2) is 9.13. The van der Waals surface area contributed by atoms with Gasteiger partial charge in [0.2, 0.25) is 15.9 Å². The Kier molecular flexibility index (Phi) is 7.25. The second-order valence-electron chi connectivity index (χ2n) is 8.27. The normalized spacial score (nSPS) is 19.4. The van der Waals surface area contributed by atoms with Crippen molar-refractivity contribution >= 4 is 27.9 Å². The number of esters is 1. The molecule has 0 radical (unpaired) electrons. The zero-order valence-electron chi connectivity index (χ0n) is 17.6. The summed E-state index contributed by atoms with van der Waals surface area (Å²) in [5.41, 5.74) is -0.211. The van der Waals surface area contributed by atoms with Gasteiger partial charge in [0.05, 0.1) is 11.7 Å². The van der Waals surface area contributed by atoms with Crippen LogP contribution in [-0.2, 0) is 34.9 Å². The van der Waals surface area contributed by atoms with Gasteiger partial charge in [-0.3, -0.25) is 14.4 Å². The summed E-state index contributed by atoms with van der Waals surface area (Å²) in [6.07, 6.45) is 0. The lowest BCUT2D eigenvalue weighted by molar-refractivity contribution is -0.162. The van der Waals surface area contributed by atoms with Crippen LogP contribution in [0.4, 0.5) is 0 Å². The number of aliphatic carboxylic acids is 1. The molecule has 166 valence electrons. The summed E-state index contributed by atoms with van der Waals surface area (Å²) in [6.45, 7) is 5.85. The van der Waals surface area contributed by atoms with Crippen LogP contribution in [0.5, 0.6) is 0 Å². The van der Waals surface area contributed by atoms with E-state index in [1.807, 2.05) is 0 Å². The van der Waals surface area contributed by atoms with Gasteiger partial charge < -0.3 is 14.7 Å². The molecule has 0 saturated carbocycles. The van der Waals surface area contributed by atoms with Gasteiger partial charge in [-0.05, 0) is 33.3 Å². The highest BCUT2D eigenvalue weighted by Gasteiger charge is 2.46.